The summed E-state index contributed by atoms with van der Waals surface area (Å²) >= 11 is 0. The maximum Gasteiger partial charge on any atom is 0.220 e. The quantitative estimate of drug-likeness (QED) is 0.0616. The summed E-state index contributed by atoms with van der Waals surface area (Å²) in [6, 6.07) is -0.405. The molecule has 42 heavy (non-hydrogen) atoms. The van der Waals surface area contributed by atoms with Gasteiger partial charge in [0.2, 0.25) is 5.91 Å². The lowest BCUT2D eigenvalue weighted by Crippen LogP contribution is -2.52. The first-order valence-corrected chi connectivity index (χ1v) is 18.2. The van der Waals surface area contributed by atoms with Gasteiger partial charge in [0.25, 0.3) is 0 Å². The van der Waals surface area contributed by atoms with E-state index >= 15 is 0 Å². The van der Waals surface area contributed by atoms with Crippen molar-refractivity contribution >= 4 is 5.91 Å². The van der Waals surface area contributed by atoms with Crippen LogP contribution in [0.25, 0.3) is 0 Å². The maximum absolute atomic E-state index is 12.9. The van der Waals surface area contributed by atoms with Crippen molar-refractivity contribution in [3.05, 3.63) is 18.2 Å². The van der Waals surface area contributed by atoms with E-state index in [0.717, 1.165) is 31.5 Å². The fraction of sp³-hybridized carbons (Fsp3) is 0.889. The molecule has 3 atom stereocenters. The summed E-state index contributed by atoms with van der Waals surface area (Å²) in [4.78, 5) is 17.4. The molecular weight excluding hydrogens is 520 g/mol. The number of nitrogens with zero attached hydrogens (tertiary/aromatic N) is 2. The first kappa shape index (κ1) is 38.6. The van der Waals surface area contributed by atoms with Gasteiger partial charge in [-0.1, -0.05) is 156 Å². The van der Waals surface area contributed by atoms with Crippen molar-refractivity contribution < 1.29 is 9.90 Å². The number of hydrogen-bond donors (Lipinski definition) is 3. The summed E-state index contributed by atoms with van der Waals surface area (Å²) < 4.78 is 1.92. The predicted molar refractivity (Wildman–Crippen MR) is 180 cm³/mol. The summed E-state index contributed by atoms with van der Waals surface area (Å²) in [5.74, 6) is -0.0538. The monoisotopic (exact) mass is 591 g/mol. The molecule has 0 bridgehead atoms. The van der Waals surface area contributed by atoms with E-state index in [2.05, 4.69) is 29.5 Å². The van der Waals surface area contributed by atoms with Gasteiger partial charge in [-0.05, 0) is 19.4 Å². The Morgan fingerprint density at radius 2 is 1.17 bits per heavy atom. The Bertz CT molecular complexity index is 738. The number of unbranched alkanes of at least 4 members (excludes halogenated alkanes) is 21. The first-order valence-electron chi connectivity index (χ1n) is 18.2. The van der Waals surface area contributed by atoms with Gasteiger partial charge in [0, 0.05) is 25.6 Å². The number of aryl methyl sites for hydroxylation is 1. The van der Waals surface area contributed by atoms with Gasteiger partial charge in [0.1, 0.15) is 6.23 Å². The molecular formula is C36H70N4O2. The van der Waals surface area contributed by atoms with Crippen molar-refractivity contribution in [2.75, 3.05) is 6.54 Å². The average Bonchev–Trinajstić information content (AvgIpc) is 3.42. The Kier molecular flexibility index (Phi) is 25.0. The number of nitrogens with one attached hydrogen (secondary N) is 2. The van der Waals surface area contributed by atoms with E-state index in [-0.39, 0.29) is 11.8 Å². The molecule has 1 rings (SSSR count). The minimum atomic E-state index is -0.795. The van der Waals surface area contributed by atoms with E-state index in [0.29, 0.717) is 6.42 Å². The van der Waals surface area contributed by atoms with Gasteiger partial charge in [-0.3, -0.25) is 10.1 Å². The molecule has 0 aromatic carbocycles. The molecule has 1 amide bonds. The van der Waals surface area contributed by atoms with Gasteiger partial charge in [-0.15, -0.1) is 0 Å². The summed E-state index contributed by atoms with van der Waals surface area (Å²) in [5, 5.41) is 17.5. The number of amides is 1. The minimum absolute atomic E-state index is 0.0323. The number of aliphatic hydroxyl groups is 1. The fourth-order valence-electron chi connectivity index (χ4n) is 5.88. The van der Waals surface area contributed by atoms with E-state index < -0.39 is 12.3 Å². The Balaban J connectivity index is 2.27. The first-order chi connectivity index (χ1) is 20.5. The molecule has 0 saturated heterocycles. The van der Waals surface area contributed by atoms with Crippen molar-refractivity contribution in [2.45, 2.75) is 193 Å². The van der Waals surface area contributed by atoms with Gasteiger partial charge >= 0.3 is 0 Å². The minimum Gasteiger partial charge on any atom is -0.376 e. The van der Waals surface area contributed by atoms with Crippen molar-refractivity contribution in [3.63, 3.8) is 0 Å². The molecule has 6 nitrogen and oxygen atoms in total. The lowest BCUT2D eigenvalue weighted by molar-refractivity contribution is -0.123. The maximum atomic E-state index is 12.9. The van der Waals surface area contributed by atoms with E-state index in [4.69, 9.17) is 0 Å². The second-order valence-corrected chi connectivity index (χ2v) is 12.9. The number of aliphatic hydroxyl groups excluding tert-OH is 1. The van der Waals surface area contributed by atoms with Crippen LogP contribution < -0.4 is 10.6 Å². The molecule has 1 heterocycles. The van der Waals surface area contributed by atoms with Crippen LogP contribution in [0.4, 0.5) is 0 Å². The number of hydrogen-bond acceptors (Lipinski definition) is 4. The smallest absolute Gasteiger partial charge is 0.220 e. The molecule has 3 N–H and O–H groups in total. The highest BCUT2D eigenvalue weighted by atomic mass is 16.3. The van der Waals surface area contributed by atoms with E-state index in [1.54, 1.807) is 6.33 Å². The molecule has 0 saturated carbocycles. The summed E-state index contributed by atoms with van der Waals surface area (Å²) in [7, 11) is 1.95. The molecule has 0 aliphatic carbocycles. The molecule has 6 heteroatoms. The molecule has 1 aromatic heterocycles. The topological polar surface area (TPSA) is 79.2 Å². The number of rotatable bonds is 30. The zero-order valence-electron chi connectivity index (χ0n) is 28.3. The molecule has 3 unspecified atom stereocenters. The standard InChI is InChI=1S/C36H70N4O2/c1-5-7-9-11-13-15-17-19-21-23-25-27-29-37-36(42)35(32(3)33-30-40(4)31-38-33)39-34(41)28-26-24-22-20-18-16-14-12-10-8-6-2/h30-32,35-37,42H,5-29H2,1-4H3,(H,39,41). The molecule has 0 aliphatic heterocycles. The largest absolute Gasteiger partial charge is 0.376 e. The van der Waals surface area contributed by atoms with Crippen LogP contribution in [0.2, 0.25) is 0 Å². The Labute approximate surface area is 260 Å². The van der Waals surface area contributed by atoms with E-state index in [1.165, 1.54) is 128 Å². The number of imidazole rings is 1. The third-order valence-corrected chi connectivity index (χ3v) is 8.79. The summed E-state index contributed by atoms with van der Waals surface area (Å²) in [5.41, 5.74) is 0.892. The number of aromatic nitrogens is 2. The Morgan fingerprint density at radius 3 is 1.60 bits per heavy atom. The second kappa shape index (κ2) is 27.2. The SMILES string of the molecule is CCCCCCCCCCCCCCNC(O)C(NC(=O)CCCCCCCCCCCCC)C(C)c1cn(C)cn1. The highest BCUT2D eigenvalue weighted by Crippen LogP contribution is 2.20. The third kappa shape index (κ3) is 20.5. The normalized spacial score (nSPS) is 13.7. The van der Waals surface area contributed by atoms with Crippen LogP contribution in [0.15, 0.2) is 12.5 Å². The van der Waals surface area contributed by atoms with Crippen molar-refractivity contribution in [3.8, 4) is 0 Å². The van der Waals surface area contributed by atoms with Crippen molar-refractivity contribution in [1.82, 2.24) is 20.2 Å². The fourth-order valence-corrected chi connectivity index (χ4v) is 5.88. The van der Waals surface area contributed by atoms with Gasteiger partial charge in [-0.25, -0.2) is 4.98 Å². The summed E-state index contributed by atoms with van der Waals surface area (Å²) in [6.07, 6.45) is 33.3. The average molecular weight is 591 g/mol. The lowest BCUT2D eigenvalue weighted by Gasteiger charge is -2.29. The predicted octanol–water partition coefficient (Wildman–Crippen LogP) is 9.32. The molecule has 0 aliphatic rings. The highest BCUT2D eigenvalue weighted by molar-refractivity contribution is 5.76. The van der Waals surface area contributed by atoms with Gasteiger partial charge < -0.3 is 15.0 Å². The molecule has 0 fully saturated rings. The number of carbonyl (C=O) groups is 1. The van der Waals surface area contributed by atoms with Crippen molar-refractivity contribution in [2.24, 2.45) is 7.05 Å². The molecule has 246 valence electrons. The Morgan fingerprint density at radius 1 is 0.738 bits per heavy atom. The van der Waals surface area contributed by atoms with Crippen LogP contribution in [0.1, 0.15) is 186 Å². The van der Waals surface area contributed by atoms with E-state index in [1.807, 2.05) is 24.7 Å². The van der Waals surface area contributed by atoms with Crippen LogP contribution in [0.3, 0.4) is 0 Å². The number of carbonyl (C=O) groups excluding carboxylic acids is 1. The van der Waals surface area contributed by atoms with Crippen LogP contribution in [-0.4, -0.2) is 39.4 Å². The zero-order chi connectivity index (χ0) is 30.7. The van der Waals surface area contributed by atoms with E-state index in [9.17, 15) is 9.90 Å². The summed E-state index contributed by atoms with van der Waals surface area (Å²) in [6.45, 7) is 7.35. The third-order valence-electron chi connectivity index (χ3n) is 8.79. The highest BCUT2D eigenvalue weighted by Gasteiger charge is 2.29. The lowest BCUT2D eigenvalue weighted by atomic mass is 9.96. The van der Waals surface area contributed by atoms with Crippen LogP contribution in [-0.2, 0) is 11.8 Å². The molecule has 0 radical (unpaired) electrons. The van der Waals surface area contributed by atoms with Gasteiger partial charge in [0.05, 0.1) is 18.1 Å². The molecule has 0 spiro atoms. The van der Waals surface area contributed by atoms with Crippen LogP contribution in [0, 0.1) is 0 Å². The van der Waals surface area contributed by atoms with Gasteiger partial charge in [-0.2, -0.15) is 0 Å². The van der Waals surface area contributed by atoms with Crippen LogP contribution >= 0.6 is 0 Å². The molecule has 1 aromatic rings. The van der Waals surface area contributed by atoms with Crippen molar-refractivity contribution in [1.29, 1.82) is 0 Å². The Hall–Kier alpha value is -1.40. The second-order valence-electron chi connectivity index (χ2n) is 12.9. The van der Waals surface area contributed by atoms with Crippen LogP contribution in [0.5, 0.6) is 0 Å². The zero-order valence-corrected chi connectivity index (χ0v) is 28.3. The van der Waals surface area contributed by atoms with Gasteiger partial charge in [0.15, 0.2) is 0 Å².